The van der Waals surface area contributed by atoms with Crippen LogP contribution in [0.3, 0.4) is 0 Å². The number of hydrazone groups is 1. The minimum atomic E-state index is -1.21. The lowest BCUT2D eigenvalue weighted by molar-refractivity contribution is 0.0749. The van der Waals surface area contributed by atoms with Crippen LogP contribution in [0.1, 0.15) is 21.3 Å². The Morgan fingerprint density at radius 1 is 1.09 bits per heavy atom. The Hall–Kier alpha value is -1.92. The van der Waals surface area contributed by atoms with Gasteiger partial charge in [-0.3, -0.25) is 9.00 Å². The van der Waals surface area contributed by atoms with Crippen LogP contribution in [0, 0.1) is 0 Å². The average Bonchev–Trinajstić information content (AvgIpc) is 3.01. The van der Waals surface area contributed by atoms with E-state index in [1.54, 1.807) is 18.4 Å². The monoisotopic (exact) mass is 330 g/mol. The highest BCUT2D eigenvalue weighted by molar-refractivity contribution is 8.33. The summed E-state index contributed by atoms with van der Waals surface area (Å²) in [6, 6.07) is 18.7. The van der Waals surface area contributed by atoms with E-state index in [0.717, 1.165) is 5.56 Å². The summed E-state index contributed by atoms with van der Waals surface area (Å²) in [5.41, 5.74) is 1.52. The minimum Gasteiger partial charge on any atom is -0.267 e. The summed E-state index contributed by atoms with van der Waals surface area (Å²) < 4.78 is 12.2. The molecule has 2 aromatic carbocycles. The number of rotatable bonds is 2. The van der Waals surface area contributed by atoms with Crippen molar-refractivity contribution in [2.75, 3.05) is 6.26 Å². The maximum atomic E-state index is 12.7. The van der Waals surface area contributed by atoms with Crippen molar-refractivity contribution >= 4 is 32.8 Å². The van der Waals surface area contributed by atoms with Crippen LogP contribution in [0.2, 0.25) is 0 Å². The molecule has 1 aliphatic heterocycles. The molecular formula is C16H14N2O2S2. The molecule has 2 atom stereocenters. The largest absolute Gasteiger partial charge is 0.275 e. The molecule has 22 heavy (non-hydrogen) atoms. The number of hydrogen-bond acceptors (Lipinski definition) is 4. The summed E-state index contributed by atoms with van der Waals surface area (Å²) in [6.07, 6.45) is 1.57. The van der Waals surface area contributed by atoms with Gasteiger partial charge in [0.25, 0.3) is 5.91 Å². The van der Waals surface area contributed by atoms with Gasteiger partial charge in [-0.1, -0.05) is 60.3 Å². The first-order chi connectivity index (χ1) is 10.7. The van der Waals surface area contributed by atoms with Gasteiger partial charge in [0.05, 0.1) is 10.8 Å². The number of amides is 1. The van der Waals surface area contributed by atoms with Gasteiger partial charge in [-0.05, 0) is 17.7 Å². The van der Waals surface area contributed by atoms with Crippen LogP contribution in [0.15, 0.2) is 65.8 Å². The molecule has 1 heterocycles. The molecule has 0 aromatic heterocycles. The van der Waals surface area contributed by atoms with E-state index >= 15 is 0 Å². The van der Waals surface area contributed by atoms with Crippen LogP contribution >= 0.6 is 11.8 Å². The van der Waals surface area contributed by atoms with Crippen LogP contribution in [-0.2, 0) is 10.8 Å². The predicted molar refractivity (Wildman–Crippen MR) is 90.9 cm³/mol. The molecule has 0 bridgehead atoms. The zero-order valence-electron chi connectivity index (χ0n) is 11.9. The van der Waals surface area contributed by atoms with Gasteiger partial charge in [0.15, 0.2) is 4.38 Å². The molecule has 0 N–H and O–H groups in total. The number of nitrogens with zero attached hydrogens (tertiary/aromatic N) is 2. The number of thioether (sulfide) groups is 1. The maximum absolute atomic E-state index is 12.7. The van der Waals surface area contributed by atoms with Gasteiger partial charge >= 0.3 is 0 Å². The SMILES string of the molecule is CS(=O)C1=NN(C(=O)c2ccccc2)C(c2ccccc2)S1. The molecule has 112 valence electrons. The van der Waals surface area contributed by atoms with Gasteiger partial charge in [-0.25, -0.2) is 5.01 Å². The normalized spacial score (nSPS) is 18.9. The molecule has 2 unspecified atom stereocenters. The molecule has 0 fully saturated rings. The highest BCUT2D eigenvalue weighted by Crippen LogP contribution is 2.40. The Bertz CT molecular complexity index is 732. The zero-order valence-corrected chi connectivity index (χ0v) is 13.5. The second-order valence-electron chi connectivity index (χ2n) is 4.72. The second kappa shape index (κ2) is 6.46. The fourth-order valence-corrected chi connectivity index (χ4v) is 4.01. The van der Waals surface area contributed by atoms with Gasteiger partial charge in [0.1, 0.15) is 5.37 Å². The van der Waals surface area contributed by atoms with Crippen LogP contribution in [0.4, 0.5) is 0 Å². The summed E-state index contributed by atoms with van der Waals surface area (Å²) in [5, 5.41) is 5.42. The van der Waals surface area contributed by atoms with E-state index in [2.05, 4.69) is 5.10 Å². The summed E-state index contributed by atoms with van der Waals surface area (Å²) in [4.78, 5) is 12.7. The lowest BCUT2D eigenvalue weighted by atomic mass is 10.2. The van der Waals surface area contributed by atoms with Crippen molar-refractivity contribution in [3.8, 4) is 0 Å². The summed E-state index contributed by atoms with van der Waals surface area (Å²) >= 11 is 1.36. The van der Waals surface area contributed by atoms with Gasteiger partial charge in [-0.15, -0.1) is 0 Å². The number of hydrogen-bond donors (Lipinski definition) is 0. The first kappa shape index (κ1) is 15.0. The van der Waals surface area contributed by atoms with Crippen molar-refractivity contribution in [2.24, 2.45) is 5.10 Å². The van der Waals surface area contributed by atoms with E-state index in [9.17, 15) is 9.00 Å². The number of benzene rings is 2. The van der Waals surface area contributed by atoms with Gasteiger partial charge < -0.3 is 0 Å². The average molecular weight is 330 g/mol. The molecule has 3 rings (SSSR count). The third-order valence-electron chi connectivity index (χ3n) is 3.18. The van der Waals surface area contributed by atoms with E-state index in [-0.39, 0.29) is 11.3 Å². The molecule has 1 aliphatic rings. The van der Waals surface area contributed by atoms with Crippen molar-refractivity contribution in [1.29, 1.82) is 0 Å². The predicted octanol–water partition coefficient (Wildman–Crippen LogP) is 3.22. The van der Waals surface area contributed by atoms with Crippen LogP contribution < -0.4 is 0 Å². The first-order valence-electron chi connectivity index (χ1n) is 6.69. The minimum absolute atomic E-state index is 0.192. The topological polar surface area (TPSA) is 49.7 Å². The van der Waals surface area contributed by atoms with E-state index in [4.69, 9.17) is 0 Å². The second-order valence-corrected chi connectivity index (χ2v) is 7.34. The fraction of sp³-hybridized carbons (Fsp3) is 0.125. The molecule has 0 saturated carbocycles. The Kier molecular flexibility index (Phi) is 4.40. The molecule has 0 aliphatic carbocycles. The van der Waals surface area contributed by atoms with E-state index in [1.807, 2.05) is 48.5 Å². The van der Waals surface area contributed by atoms with Crippen LogP contribution in [0.5, 0.6) is 0 Å². The first-order valence-corrected chi connectivity index (χ1v) is 9.13. The highest BCUT2D eigenvalue weighted by atomic mass is 32.2. The molecular weight excluding hydrogens is 316 g/mol. The molecule has 6 heteroatoms. The maximum Gasteiger partial charge on any atom is 0.275 e. The quantitative estimate of drug-likeness (QED) is 0.849. The van der Waals surface area contributed by atoms with E-state index < -0.39 is 10.8 Å². The lowest BCUT2D eigenvalue weighted by Gasteiger charge is -2.20. The van der Waals surface area contributed by atoms with Gasteiger partial charge in [0.2, 0.25) is 0 Å². The Morgan fingerprint density at radius 2 is 1.68 bits per heavy atom. The number of carbonyl (C=O) groups excluding carboxylic acids is 1. The number of carbonyl (C=O) groups is 1. The van der Waals surface area contributed by atoms with Crippen LogP contribution in [-0.4, -0.2) is 25.8 Å². The molecule has 1 amide bonds. The highest BCUT2D eigenvalue weighted by Gasteiger charge is 2.35. The van der Waals surface area contributed by atoms with Gasteiger partial charge in [0, 0.05) is 11.8 Å². The molecule has 0 spiro atoms. The Labute approximate surface area is 135 Å². The molecule has 0 radical (unpaired) electrons. The van der Waals surface area contributed by atoms with Crippen molar-refractivity contribution in [1.82, 2.24) is 5.01 Å². The third-order valence-corrected chi connectivity index (χ3v) is 5.73. The molecule has 4 nitrogen and oxygen atoms in total. The van der Waals surface area contributed by atoms with Crippen molar-refractivity contribution in [2.45, 2.75) is 5.37 Å². The van der Waals surface area contributed by atoms with E-state index in [0.29, 0.717) is 9.94 Å². The third kappa shape index (κ3) is 2.98. The van der Waals surface area contributed by atoms with E-state index in [1.165, 1.54) is 16.8 Å². The van der Waals surface area contributed by atoms with Crippen molar-refractivity contribution < 1.29 is 9.00 Å². The Morgan fingerprint density at radius 3 is 2.27 bits per heavy atom. The van der Waals surface area contributed by atoms with Crippen molar-refractivity contribution in [3.05, 3.63) is 71.8 Å². The van der Waals surface area contributed by atoms with Gasteiger partial charge in [-0.2, -0.15) is 5.10 Å². The molecule has 0 saturated heterocycles. The summed E-state index contributed by atoms with van der Waals surface area (Å²) in [5.74, 6) is -0.192. The van der Waals surface area contributed by atoms with Crippen molar-refractivity contribution in [3.63, 3.8) is 0 Å². The molecule has 2 aromatic rings. The zero-order chi connectivity index (χ0) is 15.5. The lowest BCUT2D eigenvalue weighted by Crippen LogP contribution is -2.26. The summed E-state index contributed by atoms with van der Waals surface area (Å²) in [7, 11) is -1.21. The smallest absolute Gasteiger partial charge is 0.267 e. The standard InChI is InChI=1S/C16H14N2O2S2/c1-22(20)16-17-18(14(19)12-8-4-2-5-9-12)15(21-16)13-10-6-3-7-11-13/h2-11,15H,1H3. The van der Waals surface area contributed by atoms with Crippen LogP contribution in [0.25, 0.3) is 0 Å². The Balaban J connectivity index is 1.97. The summed E-state index contributed by atoms with van der Waals surface area (Å²) in [6.45, 7) is 0. The fourth-order valence-electron chi connectivity index (χ4n) is 2.13.